The van der Waals surface area contributed by atoms with Gasteiger partial charge in [-0.05, 0) is 56.9 Å². The van der Waals surface area contributed by atoms with Crippen LogP contribution in [0.15, 0.2) is 18.2 Å². The van der Waals surface area contributed by atoms with Crippen molar-refractivity contribution in [1.29, 1.82) is 0 Å². The summed E-state index contributed by atoms with van der Waals surface area (Å²) in [6.45, 7) is 7.29. The van der Waals surface area contributed by atoms with Crippen LogP contribution in [0, 0.1) is 11.7 Å². The molecule has 0 amide bonds. The van der Waals surface area contributed by atoms with Gasteiger partial charge in [-0.1, -0.05) is 6.92 Å². The van der Waals surface area contributed by atoms with E-state index in [0.717, 1.165) is 6.07 Å². The molecular weight excluding hydrogens is 333 g/mol. The quantitative estimate of drug-likeness (QED) is 0.780. The predicted molar refractivity (Wildman–Crippen MR) is 89.6 cm³/mol. The van der Waals surface area contributed by atoms with E-state index in [2.05, 4.69) is 4.74 Å². The Balaban J connectivity index is 2.50. The van der Waals surface area contributed by atoms with Crippen molar-refractivity contribution in [3.05, 3.63) is 35.1 Å². The maximum absolute atomic E-state index is 14.0. The van der Waals surface area contributed by atoms with Gasteiger partial charge in [0.05, 0.1) is 23.5 Å². The molecule has 0 spiro atoms. The molecule has 2 rings (SSSR count). The molecule has 0 aromatic heterocycles. The predicted octanol–water partition coefficient (Wildman–Crippen LogP) is 3.12. The van der Waals surface area contributed by atoms with E-state index in [1.54, 1.807) is 20.8 Å². The molecule has 1 heterocycles. The topological polar surface area (TPSA) is 63.7 Å². The van der Waals surface area contributed by atoms with Crippen molar-refractivity contribution in [2.45, 2.75) is 44.9 Å². The van der Waals surface area contributed by atoms with Gasteiger partial charge >= 0.3 is 5.97 Å². The lowest BCUT2D eigenvalue weighted by Crippen LogP contribution is -2.42. The van der Waals surface area contributed by atoms with Crippen molar-refractivity contribution in [2.75, 3.05) is 13.7 Å². The minimum atomic E-state index is -3.56. The second-order valence-electron chi connectivity index (χ2n) is 7.31. The van der Waals surface area contributed by atoms with E-state index in [9.17, 15) is 17.6 Å². The number of carbonyl (C=O) groups excluding carboxylic acids is 1. The number of ether oxygens (including phenoxy) is 1. The minimum Gasteiger partial charge on any atom is -0.465 e. The maximum atomic E-state index is 14.0. The average molecular weight is 357 g/mol. The van der Waals surface area contributed by atoms with Gasteiger partial charge in [0.25, 0.3) is 0 Å². The molecule has 0 saturated carbocycles. The van der Waals surface area contributed by atoms with Gasteiger partial charge in [0, 0.05) is 6.54 Å². The Morgan fingerprint density at radius 1 is 1.29 bits per heavy atom. The second-order valence-corrected chi connectivity index (χ2v) is 9.95. The zero-order valence-corrected chi connectivity index (χ0v) is 15.5. The number of carbonyl (C=O) groups is 1. The average Bonchev–Trinajstić information content (AvgIpc) is 2.87. The van der Waals surface area contributed by atoms with E-state index < -0.39 is 32.6 Å². The molecule has 0 unspecified atom stereocenters. The van der Waals surface area contributed by atoms with Crippen molar-refractivity contribution in [1.82, 2.24) is 4.31 Å². The third-order valence-electron chi connectivity index (χ3n) is 4.27. The molecule has 1 saturated heterocycles. The molecule has 0 aliphatic carbocycles. The molecule has 7 heteroatoms. The number of benzene rings is 1. The third-order valence-corrected chi connectivity index (χ3v) is 6.84. The lowest BCUT2D eigenvalue weighted by Gasteiger charge is -2.31. The Morgan fingerprint density at radius 3 is 2.46 bits per heavy atom. The summed E-state index contributed by atoms with van der Waals surface area (Å²) in [5, 5.41) is 0. The number of esters is 1. The van der Waals surface area contributed by atoms with Gasteiger partial charge in [0.1, 0.15) is 5.82 Å². The Bertz CT molecular complexity index is 739. The van der Waals surface area contributed by atoms with Crippen molar-refractivity contribution >= 4 is 16.0 Å². The normalized spacial score (nSPS) is 22.6. The molecule has 1 fully saturated rings. The van der Waals surface area contributed by atoms with Crippen molar-refractivity contribution in [3.8, 4) is 0 Å². The van der Waals surface area contributed by atoms with Crippen LogP contribution in [0.2, 0.25) is 0 Å². The molecule has 2 atom stereocenters. The number of sulfonamides is 1. The van der Waals surface area contributed by atoms with Gasteiger partial charge in [0.15, 0.2) is 0 Å². The molecule has 0 bridgehead atoms. The Labute approximate surface area is 142 Å². The van der Waals surface area contributed by atoms with E-state index in [0.29, 0.717) is 18.5 Å². The zero-order chi connectivity index (χ0) is 18.3. The van der Waals surface area contributed by atoms with Crippen LogP contribution in [0.5, 0.6) is 0 Å². The highest BCUT2D eigenvalue weighted by Crippen LogP contribution is 2.40. The first-order valence-electron chi connectivity index (χ1n) is 7.87. The third kappa shape index (κ3) is 3.47. The van der Waals surface area contributed by atoms with E-state index in [1.165, 1.54) is 23.5 Å². The van der Waals surface area contributed by atoms with Crippen LogP contribution in [0.3, 0.4) is 0 Å². The van der Waals surface area contributed by atoms with E-state index in [4.69, 9.17) is 0 Å². The van der Waals surface area contributed by atoms with Crippen LogP contribution in [0.4, 0.5) is 4.39 Å². The Morgan fingerprint density at radius 2 is 1.92 bits per heavy atom. The number of nitrogens with zero attached hydrogens (tertiary/aromatic N) is 1. The molecule has 0 radical (unpaired) electrons. The Kier molecular flexibility index (Phi) is 5.06. The first kappa shape index (κ1) is 18.9. The maximum Gasteiger partial charge on any atom is 0.337 e. The van der Waals surface area contributed by atoms with Gasteiger partial charge in [-0.25, -0.2) is 17.6 Å². The summed E-state index contributed by atoms with van der Waals surface area (Å²) in [6, 6.07) is 3.42. The SMILES string of the molecule is COC(=O)c1cc(F)cc([C@H]2C[C@H](C)CN2S(=O)(=O)C(C)(C)C)c1. The summed E-state index contributed by atoms with van der Waals surface area (Å²) in [6.07, 6.45) is 0.583. The fraction of sp³-hybridized carbons (Fsp3) is 0.588. The van der Waals surface area contributed by atoms with Gasteiger partial charge in [-0.3, -0.25) is 0 Å². The van der Waals surface area contributed by atoms with Crippen LogP contribution in [0.25, 0.3) is 0 Å². The molecule has 1 aromatic carbocycles. The first-order chi connectivity index (χ1) is 11.0. The summed E-state index contributed by atoms with van der Waals surface area (Å²) in [5.41, 5.74) is 0.563. The van der Waals surface area contributed by atoms with Gasteiger partial charge in [0.2, 0.25) is 10.0 Å². The van der Waals surface area contributed by atoms with Gasteiger partial charge in [-0.15, -0.1) is 0 Å². The van der Waals surface area contributed by atoms with Crippen LogP contribution in [0.1, 0.15) is 56.1 Å². The molecule has 1 aromatic rings. The van der Waals surface area contributed by atoms with E-state index in [-0.39, 0.29) is 11.5 Å². The molecular formula is C17H24FNO4S. The number of halogens is 1. The van der Waals surface area contributed by atoms with Crippen LogP contribution < -0.4 is 0 Å². The number of hydrogen-bond acceptors (Lipinski definition) is 4. The molecule has 134 valence electrons. The summed E-state index contributed by atoms with van der Waals surface area (Å²) in [7, 11) is -2.34. The molecule has 1 aliphatic rings. The van der Waals surface area contributed by atoms with Crippen molar-refractivity contribution in [2.24, 2.45) is 5.92 Å². The van der Waals surface area contributed by atoms with Crippen LogP contribution in [-0.4, -0.2) is 37.1 Å². The lowest BCUT2D eigenvalue weighted by atomic mass is 9.99. The highest BCUT2D eigenvalue weighted by molar-refractivity contribution is 7.90. The zero-order valence-electron chi connectivity index (χ0n) is 14.7. The van der Waals surface area contributed by atoms with Crippen molar-refractivity contribution in [3.63, 3.8) is 0 Å². The van der Waals surface area contributed by atoms with Crippen LogP contribution in [-0.2, 0) is 14.8 Å². The molecule has 0 N–H and O–H groups in total. The van der Waals surface area contributed by atoms with Crippen LogP contribution >= 0.6 is 0 Å². The smallest absolute Gasteiger partial charge is 0.337 e. The number of rotatable bonds is 3. The lowest BCUT2D eigenvalue weighted by molar-refractivity contribution is 0.0600. The number of hydrogen-bond donors (Lipinski definition) is 0. The van der Waals surface area contributed by atoms with Crippen molar-refractivity contribution < 1.29 is 22.3 Å². The summed E-state index contributed by atoms with van der Waals surface area (Å²) in [5.74, 6) is -1.08. The fourth-order valence-electron chi connectivity index (χ4n) is 2.97. The summed E-state index contributed by atoms with van der Waals surface area (Å²) in [4.78, 5) is 11.7. The second kappa shape index (κ2) is 6.44. The monoisotopic (exact) mass is 357 g/mol. The van der Waals surface area contributed by atoms with Gasteiger partial charge < -0.3 is 4.74 Å². The summed E-state index contributed by atoms with van der Waals surface area (Å²) >= 11 is 0. The molecule has 1 aliphatic heterocycles. The van der Waals surface area contributed by atoms with E-state index in [1.807, 2.05) is 6.92 Å². The van der Waals surface area contributed by atoms with E-state index >= 15 is 0 Å². The highest BCUT2D eigenvalue weighted by Gasteiger charge is 2.44. The molecule has 24 heavy (non-hydrogen) atoms. The molecule has 5 nitrogen and oxygen atoms in total. The standard InChI is InChI=1S/C17H24FNO4S/c1-11-6-15(19(10-11)24(21,22)17(2,3)4)12-7-13(16(20)23-5)9-14(18)8-12/h7-9,11,15H,6,10H2,1-5H3/t11-,15+/m0/s1. The number of methoxy groups -OCH3 is 1. The summed E-state index contributed by atoms with van der Waals surface area (Å²) < 4.78 is 44.9. The first-order valence-corrected chi connectivity index (χ1v) is 9.31. The largest absolute Gasteiger partial charge is 0.465 e. The minimum absolute atomic E-state index is 0.0835. The van der Waals surface area contributed by atoms with Gasteiger partial charge in [-0.2, -0.15) is 4.31 Å². The Hall–Kier alpha value is -1.47. The fourth-order valence-corrected chi connectivity index (χ4v) is 4.66. The highest BCUT2D eigenvalue weighted by atomic mass is 32.2.